The molecular formula is C9H17O3. The van der Waals surface area contributed by atoms with Crippen molar-refractivity contribution < 1.29 is 14.3 Å². The van der Waals surface area contributed by atoms with Gasteiger partial charge in [0.25, 0.3) is 6.47 Å². The van der Waals surface area contributed by atoms with Crippen LogP contribution in [0, 0.1) is 6.92 Å². The van der Waals surface area contributed by atoms with Gasteiger partial charge in [-0.2, -0.15) is 0 Å². The molecule has 3 nitrogen and oxygen atoms in total. The molecule has 0 aromatic heterocycles. The smallest absolute Gasteiger partial charge is 0.293 e. The number of rotatable bonds is 8. The quantitative estimate of drug-likeness (QED) is 0.413. The molecule has 0 N–H and O–H groups in total. The number of carbonyl (C=O) groups excluding carboxylic acids is 1. The molecular weight excluding hydrogens is 156 g/mol. The zero-order valence-electron chi connectivity index (χ0n) is 7.62. The van der Waals surface area contributed by atoms with Crippen molar-refractivity contribution in [3.8, 4) is 0 Å². The summed E-state index contributed by atoms with van der Waals surface area (Å²) in [6.07, 6.45) is 3.54. The van der Waals surface area contributed by atoms with Crippen LogP contribution in [0.4, 0.5) is 0 Å². The average molecular weight is 173 g/mol. The second-order valence-corrected chi connectivity index (χ2v) is 2.63. The molecule has 0 aliphatic rings. The van der Waals surface area contributed by atoms with Crippen LogP contribution in [0.1, 0.15) is 25.7 Å². The van der Waals surface area contributed by atoms with Gasteiger partial charge in [-0.05, 0) is 32.6 Å². The summed E-state index contributed by atoms with van der Waals surface area (Å²) in [4.78, 5) is 9.99. The Bertz CT molecular complexity index is 104. The summed E-state index contributed by atoms with van der Waals surface area (Å²) >= 11 is 0. The molecule has 0 bridgehead atoms. The third-order valence-electron chi connectivity index (χ3n) is 1.69. The highest BCUT2D eigenvalue weighted by atomic mass is 16.5. The van der Waals surface area contributed by atoms with Gasteiger partial charge in [0.15, 0.2) is 0 Å². The van der Waals surface area contributed by atoms with Crippen molar-refractivity contribution in [1.29, 1.82) is 0 Å². The first-order valence-electron chi connectivity index (χ1n) is 4.22. The third kappa shape index (κ3) is 6.16. The number of unbranched alkanes of at least 4 members (excludes halogenated alkanes) is 1. The Kier molecular flexibility index (Phi) is 8.12. The van der Waals surface area contributed by atoms with E-state index >= 15 is 0 Å². The summed E-state index contributed by atoms with van der Waals surface area (Å²) < 4.78 is 9.68. The van der Waals surface area contributed by atoms with Gasteiger partial charge < -0.3 is 9.47 Å². The number of ether oxygens (including phenoxy) is 2. The van der Waals surface area contributed by atoms with Crippen LogP contribution in [0.2, 0.25) is 0 Å². The molecule has 0 saturated heterocycles. The highest BCUT2D eigenvalue weighted by Crippen LogP contribution is 2.07. The summed E-state index contributed by atoms with van der Waals surface area (Å²) in [6.45, 7) is 4.95. The maximum atomic E-state index is 9.99. The topological polar surface area (TPSA) is 35.5 Å². The molecule has 1 unspecified atom stereocenters. The van der Waals surface area contributed by atoms with E-state index in [2.05, 4.69) is 6.92 Å². The Labute approximate surface area is 74.0 Å². The molecule has 0 aromatic carbocycles. The second kappa shape index (κ2) is 8.53. The van der Waals surface area contributed by atoms with Gasteiger partial charge in [0.05, 0.1) is 0 Å². The van der Waals surface area contributed by atoms with Gasteiger partial charge in [-0.1, -0.05) is 0 Å². The minimum atomic E-state index is -0.0145. The maximum absolute atomic E-state index is 9.99. The Hall–Kier alpha value is -0.570. The lowest BCUT2D eigenvalue weighted by Gasteiger charge is -2.11. The summed E-state index contributed by atoms with van der Waals surface area (Å²) in [7, 11) is 1.68. The molecule has 1 atom stereocenters. The maximum Gasteiger partial charge on any atom is 0.293 e. The first-order chi connectivity index (χ1) is 5.85. The van der Waals surface area contributed by atoms with Crippen molar-refractivity contribution in [1.82, 2.24) is 0 Å². The van der Waals surface area contributed by atoms with Crippen LogP contribution in [0.25, 0.3) is 0 Å². The molecule has 71 valence electrons. The van der Waals surface area contributed by atoms with Crippen LogP contribution in [0.3, 0.4) is 0 Å². The van der Waals surface area contributed by atoms with Gasteiger partial charge >= 0.3 is 0 Å². The molecule has 0 aliphatic carbocycles. The van der Waals surface area contributed by atoms with Crippen LogP contribution in [-0.2, 0) is 14.3 Å². The first kappa shape index (κ1) is 11.4. The second-order valence-electron chi connectivity index (χ2n) is 2.63. The van der Waals surface area contributed by atoms with Crippen LogP contribution in [-0.4, -0.2) is 26.3 Å². The molecule has 12 heavy (non-hydrogen) atoms. The van der Waals surface area contributed by atoms with Crippen molar-refractivity contribution in [2.45, 2.75) is 31.8 Å². The Balaban J connectivity index is 3.25. The van der Waals surface area contributed by atoms with Crippen LogP contribution in [0.15, 0.2) is 0 Å². The van der Waals surface area contributed by atoms with Crippen LogP contribution < -0.4 is 0 Å². The Morgan fingerprint density at radius 1 is 1.50 bits per heavy atom. The van der Waals surface area contributed by atoms with Crippen LogP contribution in [0.5, 0.6) is 0 Å². The Morgan fingerprint density at radius 2 is 2.25 bits per heavy atom. The molecule has 0 fully saturated rings. The monoisotopic (exact) mass is 173 g/mol. The van der Waals surface area contributed by atoms with Gasteiger partial charge in [-0.25, -0.2) is 0 Å². The van der Waals surface area contributed by atoms with E-state index in [0.29, 0.717) is 12.9 Å². The lowest BCUT2D eigenvalue weighted by Crippen LogP contribution is -2.10. The minimum absolute atomic E-state index is 0.0145. The van der Waals surface area contributed by atoms with Crippen molar-refractivity contribution in [3.63, 3.8) is 0 Å². The number of methoxy groups -OCH3 is 1. The lowest BCUT2D eigenvalue weighted by atomic mass is 10.1. The largest absolute Gasteiger partial charge is 0.465 e. The highest BCUT2D eigenvalue weighted by molar-refractivity contribution is 5.37. The summed E-state index contributed by atoms with van der Waals surface area (Å²) in [5.41, 5.74) is 0. The normalized spacial score (nSPS) is 12.5. The molecule has 0 aliphatic heterocycles. The summed E-state index contributed by atoms with van der Waals surface area (Å²) in [6, 6.07) is 0. The van der Waals surface area contributed by atoms with Gasteiger partial charge in [0.1, 0.15) is 6.10 Å². The fourth-order valence-electron chi connectivity index (χ4n) is 0.977. The van der Waals surface area contributed by atoms with E-state index in [1.165, 1.54) is 0 Å². The molecule has 0 saturated carbocycles. The highest BCUT2D eigenvalue weighted by Gasteiger charge is 2.04. The number of hydrogen-bond donors (Lipinski definition) is 0. The van der Waals surface area contributed by atoms with Crippen molar-refractivity contribution in [2.24, 2.45) is 0 Å². The number of hydrogen-bond acceptors (Lipinski definition) is 3. The third-order valence-corrected chi connectivity index (χ3v) is 1.69. The van der Waals surface area contributed by atoms with E-state index in [9.17, 15) is 4.79 Å². The average Bonchev–Trinajstić information content (AvgIpc) is 2.10. The number of carbonyl (C=O) groups is 1. The standard InChI is InChI=1S/C9H17O3/c1-3-9(12-8-10)6-4-5-7-11-2/h8-9H,1,3-7H2,2H3. The van der Waals surface area contributed by atoms with E-state index in [1.807, 2.05) is 0 Å². The zero-order valence-corrected chi connectivity index (χ0v) is 7.62. The molecule has 0 heterocycles. The molecule has 0 spiro atoms. The van der Waals surface area contributed by atoms with E-state index in [0.717, 1.165) is 25.9 Å². The van der Waals surface area contributed by atoms with Gasteiger partial charge in [0.2, 0.25) is 0 Å². The lowest BCUT2D eigenvalue weighted by molar-refractivity contribution is -0.133. The molecule has 0 rings (SSSR count). The molecule has 1 radical (unpaired) electrons. The minimum Gasteiger partial charge on any atom is -0.465 e. The molecule has 0 amide bonds. The first-order valence-corrected chi connectivity index (χ1v) is 4.22. The fourth-order valence-corrected chi connectivity index (χ4v) is 0.977. The van der Waals surface area contributed by atoms with Gasteiger partial charge in [0, 0.05) is 13.7 Å². The van der Waals surface area contributed by atoms with Gasteiger partial charge in [-0.15, -0.1) is 0 Å². The van der Waals surface area contributed by atoms with Crippen molar-refractivity contribution in [2.75, 3.05) is 13.7 Å². The molecule has 3 heteroatoms. The van der Waals surface area contributed by atoms with E-state index in [-0.39, 0.29) is 6.10 Å². The molecule has 0 aromatic rings. The summed E-state index contributed by atoms with van der Waals surface area (Å²) in [5, 5.41) is 0. The van der Waals surface area contributed by atoms with Crippen molar-refractivity contribution >= 4 is 6.47 Å². The summed E-state index contributed by atoms with van der Waals surface area (Å²) in [5.74, 6) is 0. The predicted octanol–water partition coefficient (Wildman–Crippen LogP) is 1.57. The predicted molar refractivity (Wildman–Crippen MR) is 46.6 cm³/mol. The van der Waals surface area contributed by atoms with E-state index in [4.69, 9.17) is 9.47 Å². The Morgan fingerprint density at radius 3 is 2.75 bits per heavy atom. The SMILES string of the molecule is [CH2]CC(CCCCOC)OC=O. The van der Waals surface area contributed by atoms with Crippen LogP contribution >= 0.6 is 0 Å². The van der Waals surface area contributed by atoms with Crippen molar-refractivity contribution in [3.05, 3.63) is 6.92 Å². The van der Waals surface area contributed by atoms with E-state index < -0.39 is 0 Å². The van der Waals surface area contributed by atoms with Gasteiger partial charge in [-0.3, -0.25) is 4.79 Å². The fraction of sp³-hybridized carbons (Fsp3) is 0.778. The zero-order chi connectivity index (χ0) is 9.23. The van der Waals surface area contributed by atoms with E-state index in [1.54, 1.807) is 7.11 Å².